The van der Waals surface area contributed by atoms with Crippen LogP contribution in [0.5, 0.6) is 0 Å². The van der Waals surface area contributed by atoms with Crippen LogP contribution in [0, 0.1) is 0 Å². The van der Waals surface area contributed by atoms with E-state index in [2.05, 4.69) is 9.68 Å². The predicted octanol–water partition coefficient (Wildman–Crippen LogP) is 2.85. The molecule has 0 spiro atoms. The van der Waals surface area contributed by atoms with E-state index in [1.54, 1.807) is 0 Å². The van der Waals surface area contributed by atoms with Crippen LogP contribution in [-0.4, -0.2) is 5.16 Å². The Kier molecular flexibility index (Phi) is 2.81. The Labute approximate surface area is 88.4 Å². The molecule has 0 fully saturated rings. The molecule has 0 aliphatic carbocycles. The van der Waals surface area contributed by atoms with Crippen molar-refractivity contribution < 1.29 is 17.7 Å². The van der Waals surface area contributed by atoms with Crippen molar-refractivity contribution in [2.75, 3.05) is 5.73 Å². The first-order valence-corrected chi connectivity index (χ1v) is 3.71. The summed E-state index contributed by atoms with van der Waals surface area (Å²) in [4.78, 5) is 0. The van der Waals surface area contributed by atoms with Crippen LogP contribution in [0.2, 0.25) is 0 Å². The van der Waals surface area contributed by atoms with Gasteiger partial charge in [0.25, 0.3) is 0 Å². The number of para-hydroxylation sites is 1. The number of benzene rings is 1. The van der Waals surface area contributed by atoms with E-state index in [0.29, 0.717) is 0 Å². The molecule has 0 unspecified atom stereocenters. The number of nitrogens with zero attached hydrogens (tertiary/aromatic N) is 1. The highest BCUT2D eigenvalue weighted by atomic mass is 35.5. The maximum atomic E-state index is 12.4. The van der Waals surface area contributed by atoms with E-state index in [-0.39, 0.29) is 29.2 Å². The molecular formula is C8H6ClF3N2O. The lowest BCUT2D eigenvalue weighted by Gasteiger charge is -2.05. The monoisotopic (exact) mass is 238 g/mol. The number of fused-ring (bicyclic) bond motifs is 1. The lowest BCUT2D eigenvalue weighted by molar-refractivity contribution is -0.137. The smallest absolute Gasteiger partial charge is 0.380 e. The Morgan fingerprint density at radius 1 is 1.27 bits per heavy atom. The second-order valence-electron chi connectivity index (χ2n) is 2.75. The number of alkyl halides is 3. The zero-order valence-corrected chi connectivity index (χ0v) is 8.02. The zero-order valence-electron chi connectivity index (χ0n) is 7.21. The molecule has 0 radical (unpaired) electrons. The van der Waals surface area contributed by atoms with Gasteiger partial charge in [-0.3, -0.25) is 0 Å². The van der Waals surface area contributed by atoms with Crippen LogP contribution in [0.15, 0.2) is 22.7 Å². The maximum Gasteiger partial charge on any atom is 0.420 e. The highest BCUT2D eigenvalue weighted by molar-refractivity contribution is 5.89. The van der Waals surface area contributed by atoms with E-state index in [4.69, 9.17) is 5.73 Å². The number of nitrogens with two attached hydrogens (primary N) is 1. The van der Waals surface area contributed by atoms with Gasteiger partial charge >= 0.3 is 6.18 Å². The Hall–Kier alpha value is -1.43. The topological polar surface area (TPSA) is 52.0 Å². The summed E-state index contributed by atoms with van der Waals surface area (Å²) in [5.41, 5.74) is 4.13. The SMILES string of the molecule is Cl.Nc1noc2c(C(F)(F)F)cccc12. The first-order chi connectivity index (χ1) is 6.50. The Morgan fingerprint density at radius 3 is 2.53 bits per heavy atom. The van der Waals surface area contributed by atoms with Gasteiger partial charge in [0.15, 0.2) is 11.4 Å². The van der Waals surface area contributed by atoms with Gasteiger partial charge in [-0.2, -0.15) is 13.2 Å². The number of nitrogen functional groups attached to an aromatic ring is 1. The summed E-state index contributed by atoms with van der Waals surface area (Å²) in [5, 5.41) is 3.45. The molecule has 0 atom stereocenters. The summed E-state index contributed by atoms with van der Waals surface area (Å²) in [7, 11) is 0. The summed E-state index contributed by atoms with van der Waals surface area (Å²) in [6.07, 6.45) is -4.45. The van der Waals surface area contributed by atoms with Gasteiger partial charge in [0.2, 0.25) is 0 Å². The summed E-state index contributed by atoms with van der Waals surface area (Å²) >= 11 is 0. The Balaban J connectivity index is 0.00000112. The number of halogens is 4. The molecular weight excluding hydrogens is 233 g/mol. The quantitative estimate of drug-likeness (QED) is 0.768. The summed E-state index contributed by atoms with van der Waals surface area (Å²) in [5.74, 6) is -0.0360. The van der Waals surface area contributed by atoms with Crippen LogP contribution in [0.3, 0.4) is 0 Å². The van der Waals surface area contributed by atoms with Crippen LogP contribution in [0.25, 0.3) is 11.0 Å². The molecule has 0 aliphatic rings. The number of hydrogen-bond donors (Lipinski definition) is 1. The number of anilines is 1. The molecule has 0 aliphatic heterocycles. The first-order valence-electron chi connectivity index (χ1n) is 3.71. The van der Waals surface area contributed by atoms with E-state index < -0.39 is 11.7 Å². The van der Waals surface area contributed by atoms with Gasteiger partial charge in [0.1, 0.15) is 5.56 Å². The third-order valence-corrected chi connectivity index (χ3v) is 1.83. The number of hydrogen-bond acceptors (Lipinski definition) is 3. The zero-order chi connectivity index (χ0) is 10.3. The van der Waals surface area contributed by atoms with Crippen molar-refractivity contribution in [2.45, 2.75) is 6.18 Å². The van der Waals surface area contributed by atoms with Gasteiger partial charge in [-0.25, -0.2) is 0 Å². The van der Waals surface area contributed by atoms with Gasteiger partial charge in [-0.15, -0.1) is 12.4 Å². The molecule has 1 heterocycles. The minimum absolute atomic E-state index is 0. The fourth-order valence-corrected chi connectivity index (χ4v) is 1.20. The highest BCUT2D eigenvalue weighted by Gasteiger charge is 2.34. The molecule has 1 aromatic heterocycles. The van der Waals surface area contributed by atoms with E-state index in [1.165, 1.54) is 12.1 Å². The van der Waals surface area contributed by atoms with E-state index >= 15 is 0 Å². The van der Waals surface area contributed by atoms with E-state index in [1.807, 2.05) is 0 Å². The largest absolute Gasteiger partial charge is 0.420 e. The Morgan fingerprint density at radius 2 is 1.93 bits per heavy atom. The standard InChI is InChI=1S/C8H5F3N2O.ClH/c9-8(10,11)5-3-1-2-4-6(5)14-13-7(4)12;/h1-3H,(H2,12,13);1H. The molecule has 2 N–H and O–H groups in total. The molecule has 1 aromatic carbocycles. The van der Waals surface area contributed by atoms with Gasteiger partial charge in [-0.1, -0.05) is 11.2 Å². The fraction of sp³-hybridized carbons (Fsp3) is 0.125. The van der Waals surface area contributed by atoms with Gasteiger partial charge in [0, 0.05) is 0 Å². The fourth-order valence-electron chi connectivity index (χ4n) is 1.20. The van der Waals surface area contributed by atoms with Gasteiger partial charge < -0.3 is 10.3 Å². The lowest BCUT2D eigenvalue weighted by Crippen LogP contribution is -2.04. The van der Waals surface area contributed by atoms with Crippen molar-refractivity contribution in [1.29, 1.82) is 0 Å². The van der Waals surface area contributed by atoms with E-state index in [0.717, 1.165) is 6.07 Å². The first kappa shape index (κ1) is 11.6. The molecule has 2 aromatic rings. The lowest BCUT2D eigenvalue weighted by atomic mass is 10.1. The number of aromatic nitrogens is 1. The molecule has 3 nitrogen and oxygen atoms in total. The molecule has 0 saturated carbocycles. The molecule has 0 amide bonds. The van der Waals surface area contributed by atoms with Crippen molar-refractivity contribution in [3.05, 3.63) is 23.8 Å². The van der Waals surface area contributed by atoms with Crippen molar-refractivity contribution in [3.63, 3.8) is 0 Å². The molecule has 2 rings (SSSR count). The summed E-state index contributed by atoms with van der Waals surface area (Å²) < 4.78 is 41.7. The minimum Gasteiger partial charge on any atom is -0.380 e. The van der Waals surface area contributed by atoms with E-state index in [9.17, 15) is 13.2 Å². The molecule has 15 heavy (non-hydrogen) atoms. The predicted molar refractivity (Wildman–Crippen MR) is 50.7 cm³/mol. The minimum atomic E-state index is -4.45. The number of rotatable bonds is 0. The average molecular weight is 239 g/mol. The van der Waals surface area contributed by atoms with Gasteiger partial charge in [0.05, 0.1) is 5.39 Å². The second kappa shape index (κ2) is 3.62. The van der Waals surface area contributed by atoms with Crippen molar-refractivity contribution in [1.82, 2.24) is 5.16 Å². The van der Waals surface area contributed by atoms with Crippen LogP contribution in [0.1, 0.15) is 5.56 Å². The van der Waals surface area contributed by atoms with Crippen molar-refractivity contribution in [3.8, 4) is 0 Å². The average Bonchev–Trinajstić information content (AvgIpc) is 2.46. The summed E-state index contributed by atoms with van der Waals surface area (Å²) in [6.45, 7) is 0. The van der Waals surface area contributed by atoms with Crippen LogP contribution < -0.4 is 5.73 Å². The van der Waals surface area contributed by atoms with Gasteiger partial charge in [-0.05, 0) is 12.1 Å². The molecule has 0 saturated heterocycles. The van der Waals surface area contributed by atoms with Crippen LogP contribution in [-0.2, 0) is 6.18 Å². The van der Waals surface area contributed by atoms with Crippen LogP contribution >= 0.6 is 12.4 Å². The molecule has 7 heteroatoms. The Bertz CT molecular complexity index is 480. The highest BCUT2D eigenvalue weighted by Crippen LogP contribution is 2.35. The third kappa shape index (κ3) is 1.85. The maximum absolute atomic E-state index is 12.4. The molecule has 82 valence electrons. The van der Waals surface area contributed by atoms with Crippen LogP contribution in [0.4, 0.5) is 19.0 Å². The summed E-state index contributed by atoms with van der Waals surface area (Å²) in [6, 6.07) is 3.61. The second-order valence-corrected chi connectivity index (χ2v) is 2.75. The van der Waals surface area contributed by atoms with Crippen molar-refractivity contribution >= 4 is 29.2 Å². The normalized spacial score (nSPS) is 11.4. The van der Waals surface area contributed by atoms with Crippen molar-refractivity contribution in [2.24, 2.45) is 0 Å². The molecule has 0 bridgehead atoms. The third-order valence-electron chi connectivity index (χ3n) is 1.83.